The molecule has 3 atom stereocenters. The molecule has 2 aliphatic rings. The van der Waals surface area contributed by atoms with Gasteiger partial charge in [-0.05, 0) is 51.8 Å². The molecule has 0 unspecified atom stereocenters. The van der Waals surface area contributed by atoms with Crippen molar-refractivity contribution in [1.82, 2.24) is 10.2 Å². The third-order valence-electron chi connectivity index (χ3n) is 6.02. The molecule has 2 aliphatic heterocycles. The molecule has 188 valence electrons. The molecule has 0 radical (unpaired) electrons. The molecule has 1 aromatic carbocycles. The average Bonchev–Trinajstić information content (AvgIpc) is 2.75. The summed E-state index contributed by atoms with van der Waals surface area (Å²) < 4.78 is 33.3. The third kappa shape index (κ3) is 5.98. The molecular formula is C25H35BrFN3O4. The second kappa shape index (κ2) is 10.7. The zero-order valence-electron chi connectivity index (χ0n) is 20.6. The third-order valence-corrected chi connectivity index (χ3v) is 6.52. The highest BCUT2D eigenvalue weighted by Crippen LogP contribution is 2.48. The van der Waals surface area contributed by atoms with E-state index in [1.807, 2.05) is 0 Å². The monoisotopic (exact) mass is 539 g/mol. The summed E-state index contributed by atoms with van der Waals surface area (Å²) in [5, 5.41) is 2.72. The van der Waals surface area contributed by atoms with Crippen LogP contribution in [-0.2, 0) is 19.7 Å². The second-order valence-electron chi connectivity index (χ2n) is 9.81. The molecule has 0 spiro atoms. The first-order chi connectivity index (χ1) is 16.0. The van der Waals surface area contributed by atoms with Gasteiger partial charge in [-0.2, -0.15) is 0 Å². The zero-order chi connectivity index (χ0) is 25.1. The Morgan fingerprint density at radius 1 is 1.44 bits per heavy atom. The van der Waals surface area contributed by atoms with Gasteiger partial charge < -0.3 is 19.1 Å². The second-order valence-corrected chi connectivity index (χ2v) is 10.7. The van der Waals surface area contributed by atoms with E-state index >= 15 is 4.39 Å². The Balaban J connectivity index is 1.98. The molecule has 0 saturated carbocycles. The lowest BCUT2D eigenvalue weighted by Gasteiger charge is -2.50. The fourth-order valence-electron chi connectivity index (χ4n) is 4.27. The maximum absolute atomic E-state index is 15.2. The lowest BCUT2D eigenvalue weighted by molar-refractivity contribution is -0.0925. The first-order valence-corrected chi connectivity index (χ1v) is 12.4. The highest BCUT2D eigenvalue weighted by molar-refractivity contribution is 9.10. The first kappa shape index (κ1) is 26.6. The van der Waals surface area contributed by atoms with Crippen molar-refractivity contribution in [3.63, 3.8) is 0 Å². The summed E-state index contributed by atoms with van der Waals surface area (Å²) >= 11 is 3.45. The van der Waals surface area contributed by atoms with E-state index < -0.39 is 23.1 Å². The molecule has 0 bridgehead atoms. The van der Waals surface area contributed by atoms with E-state index in [-0.39, 0.29) is 24.6 Å². The van der Waals surface area contributed by atoms with Crippen molar-refractivity contribution < 1.29 is 23.4 Å². The number of rotatable bonds is 6. The number of carbonyl (C=O) groups is 1. The summed E-state index contributed by atoms with van der Waals surface area (Å²) in [6.07, 6.45) is 1.80. The molecule has 1 saturated heterocycles. The zero-order valence-corrected chi connectivity index (χ0v) is 22.2. The molecule has 1 N–H and O–H groups in total. The minimum Gasteiger partial charge on any atom is -0.444 e. The van der Waals surface area contributed by atoms with Crippen LogP contribution in [0.15, 0.2) is 39.9 Å². The molecule has 1 amide bonds. The highest BCUT2D eigenvalue weighted by atomic mass is 79.9. The van der Waals surface area contributed by atoms with Crippen molar-refractivity contribution in [3.8, 4) is 0 Å². The van der Waals surface area contributed by atoms with E-state index in [2.05, 4.69) is 34.7 Å². The van der Waals surface area contributed by atoms with Gasteiger partial charge in [-0.25, -0.2) is 14.2 Å². The van der Waals surface area contributed by atoms with Crippen molar-refractivity contribution in [2.24, 2.45) is 10.9 Å². The Morgan fingerprint density at radius 2 is 2.18 bits per heavy atom. The van der Waals surface area contributed by atoms with Crippen molar-refractivity contribution in [2.45, 2.75) is 64.2 Å². The van der Waals surface area contributed by atoms with Crippen LogP contribution in [0, 0.1) is 11.7 Å². The van der Waals surface area contributed by atoms with Crippen molar-refractivity contribution >= 4 is 28.0 Å². The van der Waals surface area contributed by atoms with Crippen LogP contribution in [0.5, 0.6) is 0 Å². The van der Waals surface area contributed by atoms with E-state index in [4.69, 9.17) is 19.2 Å². The number of halogens is 2. The number of alkyl carbamates (subject to hydrolysis) is 1. The lowest BCUT2D eigenvalue weighted by Crippen LogP contribution is -2.57. The fraction of sp³-hybridized carbons (Fsp3) is 0.600. The Morgan fingerprint density at radius 3 is 2.85 bits per heavy atom. The number of unbranched alkanes of at least 4 members (excludes halogenated alkanes) is 1. The topological polar surface area (TPSA) is 72.4 Å². The Labute approximate surface area is 209 Å². The number of aliphatic imine (C=N–C) groups is 1. The maximum atomic E-state index is 15.2. The average molecular weight is 540 g/mol. The normalized spacial score (nSPS) is 25.0. The van der Waals surface area contributed by atoms with Gasteiger partial charge in [0, 0.05) is 35.3 Å². The summed E-state index contributed by atoms with van der Waals surface area (Å²) in [6, 6.07) is 4.77. The van der Waals surface area contributed by atoms with Crippen LogP contribution in [0.4, 0.5) is 9.18 Å². The molecule has 3 rings (SSSR count). The lowest BCUT2D eigenvalue weighted by atomic mass is 9.71. The molecule has 9 heteroatoms. The van der Waals surface area contributed by atoms with Gasteiger partial charge in [0.25, 0.3) is 0 Å². The SMILES string of the molecule is C=C1[C@@H]2C[C@H](COCCCC)OC[C@]2(c2cc(Br)ccc2F)N=C(NC(=O)OC(C)(C)C)N1C. The molecule has 0 aliphatic carbocycles. The number of hydrogen-bond acceptors (Lipinski definition) is 6. The van der Waals surface area contributed by atoms with Gasteiger partial charge >= 0.3 is 6.09 Å². The smallest absolute Gasteiger partial charge is 0.414 e. The molecule has 34 heavy (non-hydrogen) atoms. The van der Waals surface area contributed by atoms with Crippen LogP contribution in [0.1, 0.15) is 52.5 Å². The van der Waals surface area contributed by atoms with Gasteiger partial charge in [-0.3, -0.25) is 5.32 Å². The van der Waals surface area contributed by atoms with Crippen LogP contribution < -0.4 is 5.32 Å². The van der Waals surface area contributed by atoms with Gasteiger partial charge in [0.1, 0.15) is 17.0 Å². The van der Waals surface area contributed by atoms with Crippen LogP contribution >= 0.6 is 15.9 Å². The number of hydrogen-bond donors (Lipinski definition) is 1. The summed E-state index contributed by atoms with van der Waals surface area (Å²) in [4.78, 5) is 19.1. The fourth-order valence-corrected chi connectivity index (χ4v) is 4.63. The van der Waals surface area contributed by atoms with E-state index in [1.165, 1.54) is 6.07 Å². The molecule has 0 aromatic heterocycles. The van der Waals surface area contributed by atoms with Gasteiger partial charge in [0.2, 0.25) is 5.96 Å². The number of nitrogens with zero attached hydrogens (tertiary/aromatic N) is 2. The van der Waals surface area contributed by atoms with Crippen LogP contribution in [0.25, 0.3) is 0 Å². The molecular weight excluding hydrogens is 505 g/mol. The van der Waals surface area contributed by atoms with Crippen molar-refractivity contribution in [1.29, 1.82) is 0 Å². The van der Waals surface area contributed by atoms with E-state index in [1.54, 1.807) is 44.9 Å². The Kier molecular flexibility index (Phi) is 8.42. The molecule has 2 heterocycles. The Bertz CT molecular complexity index is 949. The Hall–Kier alpha value is -1.97. The predicted octanol–water partition coefficient (Wildman–Crippen LogP) is 5.35. The van der Waals surface area contributed by atoms with E-state index in [0.717, 1.165) is 17.3 Å². The minimum atomic E-state index is -1.10. The van der Waals surface area contributed by atoms with Gasteiger partial charge in [-0.1, -0.05) is 35.9 Å². The number of fused-ring (bicyclic) bond motifs is 1. The van der Waals surface area contributed by atoms with Crippen molar-refractivity contribution in [3.05, 3.63) is 46.3 Å². The molecule has 7 nitrogen and oxygen atoms in total. The standard InChI is InChI=1S/C25H35BrFN3O4/c1-7-8-11-32-14-18-13-19-16(2)30(6)22(28-23(31)34-24(3,4)5)29-25(19,15-33-18)20-12-17(26)9-10-21(20)27/h9-10,12,18-19H,2,7-8,11,13-15H2,1,3-6H3,(H,28,29,31)/t18-,19+,25+/m1/s1. The van der Waals surface area contributed by atoms with Crippen LogP contribution in [0.2, 0.25) is 0 Å². The van der Waals surface area contributed by atoms with Crippen LogP contribution in [0.3, 0.4) is 0 Å². The number of benzene rings is 1. The van der Waals surface area contributed by atoms with Gasteiger partial charge in [0.15, 0.2) is 0 Å². The molecule has 1 aromatic rings. The van der Waals surface area contributed by atoms with Crippen molar-refractivity contribution in [2.75, 3.05) is 26.9 Å². The summed E-state index contributed by atoms with van der Waals surface area (Å²) in [5.74, 6) is -0.415. The van der Waals surface area contributed by atoms with Gasteiger partial charge in [-0.15, -0.1) is 0 Å². The number of carbonyl (C=O) groups excluding carboxylic acids is 1. The van der Waals surface area contributed by atoms with E-state index in [0.29, 0.717) is 30.9 Å². The summed E-state index contributed by atoms with van der Waals surface area (Å²) in [5.41, 5.74) is -0.677. The summed E-state index contributed by atoms with van der Waals surface area (Å²) in [6.45, 7) is 13.0. The van der Waals surface area contributed by atoms with Gasteiger partial charge in [0.05, 0.1) is 19.3 Å². The number of nitrogens with one attached hydrogen (secondary N) is 1. The highest BCUT2D eigenvalue weighted by Gasteiger charge is 2.52. The molecule has 1 fully saturated rings. The first-order valence-electron chi connectivity index (χ1n) is 11.6. The largest absolute Gasteiger partial charge is 0.444 e. The number of amides is 1. The predicted molar refractivity (Wildman–Crippen MR) is 133 cm³/mol. The number of guanidine groups is 1. The van der Waals surface area contributed by atoms with E-state index in [9.17, 15) is 4.79 Å². The van der Waals surface area contributed by atoms with Crippen LogP contribution in [-0.4, -0.2) is 55.5 Å². The number of ether oxygens (including phenoxy) is 3. The summed E-state index contributed by atoms with van der Waals surface area (Å²) in [7, 11) is 1.78. The quantitative estimate of drug-likeness (QED) is 0.493. The maximum Gasteiger partial charge on any atom is 0.414 e. The minimum absolute atomic E-state index is 0.124.